The zero-order valence-electron chi connectivity index (χ0n) is 12.7. The largest absolute Gasteiger partial charge is 0.269 e. The zero-order chi connectivity index (χ0) is 16.7. The van der Waals surface area contributed by atoms with E-state index >= 15 is 0 Å². The maximum atomic E-state index is 12.2. The highest BCUT2D eigenvalue weighted by Gasteiger charge is 2.08. The minimum atomic E-state index is -0.0598. The number of thioether (sulfide) groups is 1. The van der Waals surface area contributed by atoms with Gasteiger partial charge in [0, 0.05) is 23.0 Å². The second-order valence-corrected chi connectivity index (χ2v) is 8.04. The molecule has 7 heteroatoms. The summed E-state index contributed by atoms with van der Waals surface area (Å²) in [6.45, 7) is 1.95. The molecule has 0 radical (unpaired) electrons. The molecule has 3 aromatic heterocycles. The maximum Gasteiger partial charge on any atom is 0.258 e. The summed E-state index contributed by atoms with van der Waals surface area (Å²) in [7, 11) is 0. The summed E-state index contributed by atoms with van der Waals surface area (Å²) in [5.41, 5.74) is 3.29. The molecule has 0 atom stereocenters. The van der Waals surface area contributed by atoms with Gasteiger partial charge in [0.15, 0.2) is 4.34 Å². The molecule has 4 aromatic rings. The number of pyridine rings is 1. The van der Waals surface area contributed by atoms with E-state index in [9.17, 15) is 4.79 Å². The number of nitrogens with zero attached hydrogens (tertiary/aromatic N) is 3. The molecule has 0 aliphatic heterocycles. The first-order valence-electron chi connectivity index (χ1n) is 7.27. The fourth-order valence-electron chi connectivity index (χ4n) is 2.46. The smallest absolute Gasteiger partial charge is 0.258 e. The minimum absolute atomic E-state index is 0.0598. The number of hydrogen-bond acceptors (Lipinski definition) is 5. The van der Waals surface area contributed by atoms with Crippen molar-refractivity contribution in [3.63, 3.8) is 0 Å². The van der Waals surface area contributed by atoms with E-state index in [0.29, 0.717) is 16.4 Å². The van der Waals surface area contributed by atoms with Gasteiger partial charge < -0.3 is 0 Å². The van der Waals surface area contributed by atoms with E-state index in [1.807, 2.05) is 37.3 Å². The fourth-order valence-corrected chi connectivity index (χ4v) is 4.57. The topological polar surface area (TPSA) is 47.3 Å². The van der Waals surface area contributed by atoms with Crippen molar-refractivity contribution in [2.45, 2.75) is 17.0 Å². The van der Waals surface area contributed by atoms with Gasteiger partial charge >= 0.3 is 0 Å². The van der Waals surface area contributed by atoms with Crippen LogP contribution in [0, 0.1) is 6.92 Å². The average Bonchev–Trinajstić information content (AvgIpc) is 2.96. The molecule has 0 aliphatic rings. The Bertz CT molecular complexity index is 1120. The van der Waals surface area contributed by atoms with Gasteiger partial charge in [0.25, 0.3) is 5.56 Å². The molecule has 3 heterocycles. The third kappa shape index (κ3) is 2.92. The molecule has 0 amide bonds. The lowest BCUT2D eigenvalue weighted by atomic mass is 10.3. The Labute approximate surface area is 151 Å². The molecule has 4 rings (SSSR count). The van der Waals surface area contributed by atoms with E-state index in [1.165, 1.54) is 0 Å². The predicted octanol–water partition coefficient (Wildman–Crippen LogP) is 4.56. The van der Waals surface area contributed by atoms with Crippen molar-refractivity contribution in [2.24, 2.45) is 0 Å². The van der Waals surface area contributed by atoms with E-state index < -0.39 is 0 Å². The van der Waals surface area contributed by atoms with Crippen LogP contribution in [0.3, 0.4) is 0 Å². The molecular weight excluding hydrogens is 362 g/mol. The Balaban J connectivity index is 1.64. The highest BCUT2D eigenvalue weighted by Crippen LogP contribution is 2.32. The van der Waals surface area contributed by atoms with Crippen molar-refractivity contribution in [2.75, 3.05) is 0 Å². The highest BCUT2D eigenvalue weighted by atomic mass is 35.5. The third-order valence-corrected chi connectivity index (χ3v) is 6.06. The van der Waals surface area contributed by atoms with Crippen molar-refractivity contribution in [3.05, 3.63) is 69.2 Å². The molecule has 0 saturated heterocycles. The maximum absolute atomic E-state index is 12.2. The lowest BCUT2D eigenvalue weighted by Gasteiger charge is -2.05. The van der Waals surface area contributed by atoms with Crippen LogP contribution >= 0.6 is 34.7 Å². The Kier molecular flexibility index (Phi) is 4.04. The van der Waals surface area contributed by atoms with Gasteiger partial charge in [-0.05, 0) is 36.8 Å². The van der Waals surface area contributed by atoms with Gasteiger partial charge in [-0.15, -0.1) is 11.3 Å². The Morgan fingerprint density at radius 3 is 3.00 bits per heavy atom. The lowest BCUT2D eigenvalue weighted by molar-refractivity contribution is 1.00. The average molecular weight is 374 g/mol. The second-order valence-electron chi connectivity index (χ2n) is 5.35. The SMILES string of the molecule is Cc1cccn2c(=O)cc(CSc3nc4cc(Cl)ccc4s3)nc12. The molecule has 0 fully saturated rings. The van der Waals surface area contributed by atoms with E-state index in [2.05, 4.69) is 9.97 Å². The van der Waals surface area contributed by atoms with Crippen LogP contribution in [-0.4, -0.2) is 14.4 Å². The van der Waals surface area contributed by atoms with Crippen LogP contribution in [0.5, 0.6) is 0 Å². The molecule has 0 saturated carbocycles. The number of hydrogen-bond donors (Lipinski definition) is 0. The van der Waals surface area contributed by atoms with Crippen LogP contribution in [-0.2, 0) is 5.75 Å². The summed E-state index contributed by atoms with van der Waals surface area (Å²) in [5, 5.41) is 0.684. The van der Waals surface area contributed by atoms with Gasteiger partial charge in [0.05, 0.1) is 15.9 Å². The van der Waals surface area contributed by atoms with Gasteiger partial charge in [-0.25, -0.2) is 9.97 Å². The molecule has 4 nitrogen and oxygen atoms in total. The number of thiazole rings is 1. The van der Waals surface area contributed by atoms with Crippen LogP contribution in [0.1, 0.15) is 11.3 Å². The summed E-state index contributed by atoms with van der Waals surface area (Å²) < 4.78 is 3.62. The monoisotopic (exact) mass is 373 g/mol. The standard InChI is InChI=1S/C17H12ClN3OS2/c1-10-3-2-6-21-15(22)8-12(19-16(10)21)9-23-17-20-13-7-11(18)4-5-14(13)24-17/h2-8H,9H2,1H3. The molecule has 0 unspecified atom stereocenters. The van der Waals surface area contributed by atoms with Crippen LogP contribution in [0.4, 0.5) is 0 Å². The van der Waals surface area contributed by atoms with Gasteiger partial charge in [-0.2, -0.15) is 0 Å². The quantitative estimate of drug-likeness (QED) is 0.494. The van der Waals surface area contributed by atoms with E-state index in [4.69, 9.17) is 11.6 Å². The first kappa shape index (κ1) is 15.6. The number of halogens is 1. The number of aryl methyl sites for hydroxylation is 1. The van der Waals surface area contributed by atoms with Crippen molar-refractivity contribution in [1.82, 2.24) is 14.4 Å². The van der Waals surface area contributed by atoms with E-state index in [-0.39, 0.29) is 5.56 Å². The van der Waals surface area contributed by atoms with Crippen LogP contribution in [0.15, 0.2) is 51.7 Å². The molecule has 0 bridgehead atoms. The first-order chi connectivity index (χ1) is 11.6. The summed E-state index contributed by atoms with van der Waals surface area (Å²) in [5.74, 6) is 0.605. The summed E-state index contributed by atoms with van der Waals surface area (Å²) in [6.07, 6.45) is 1.74. The lowest BCUT2D eigenvalue weighted by Crippen LogP contribution is -2.15. The molecule has 0 aliphatic carbocycles. The fraction of sp³-hybridized carbons (Fsp3) is 0.118. The van der Waals surface area contributed by atoms with Gasteiger partial charge in [0.1, 0.15) is 5.65 Å². The first-order valence-corrected chi connectivity index (χ1v) is 9.45. The van der Waals surface area contributed by atoms with Gasteiger partial charge in [-0.3, -0.25) is 9.20 Å². The number of aromatic nitrogens is 3. The molecule has 120 valence electrons. The number of benzene rings is 1. The van der Waals surface area contributed by atoms with Gasteiger partial charge in [0.2, 0.25) is 0 Å². The third-order valence-electron chi connectivity index (χ3n) is 3.61. The zero-order valence-corrected chi connectivity index (χ0v) is 15.1. The molecular formula is C17H12ClN3OS2. The predicted molar refractivity (Wildman–Crippen MR) is 100 cm³/mol. The highest BCUT2D eigenvalue weighted by molar-refractivity contribution is 8.00. The molecule has 24 heavy (non-hydrogen) atoms. The van der Waals surface area contributed by atoms with Crippen LogP contribution in [0.25, 0.3) is 15.9 Å². The Morgan fingerprint density at radius 2 is 2.12 bits per heavy atom. The van der Waals surface area contributed by atoms with Crippen LogP contribution in [0.2, 0.25) is 5.02 Å². The van der Waals surface area contributed by atoms with Crippen molar-refractivity contribution < 1.29 is 0 Å². The van der Waals surface area contributed by atoms with Gasteiger partial charge in [-0.1, -0.05) is 29.4 Å². The Morgan fingerprint density at radius 1 is 1.25 bits per heavy atom. The van der Waals surface area contributed by atoms with Crippen molar-refractivity contribution >= 4 is 50.6 Å². The van der Waals surface area contributed by atoms with Crippen molar-refractivity contribution in [1.29, 1.82) is 0 Å². The number of fused-ring (bicyclic) bond motifs is 2. The van der Waals surface area contributed by atoms with E-state index in [0.717, 1.165) is 25.8 Å². The summed E-state index contributed by atoms with van der Waals surface area (Å²) >= 11 is 9.20. The molecule has 0 spiro atoms. The second kappa shape index (κ2) is 6.20. The van der Waals surface area contributed by atoms with Crippen molar-refractivity contribution in [3.8, 4) is 0 Å². The van der Waals surface area contributed by atoms with E-state index in [1.54, 1.807) is 39.8 Å². The summed E-state index contributed by atoms with van der Waals surface area (Å²) in [6, 6.07) is 11.1. The normalized spacial score (nSPS) is 11.4. The summed E-state index contributed by atoms with van der Waals surface area (Å²) in [4.78, 5) is 21.4. The Hall–Kier alpha value is -1.89. The number of rotatable bonds is 3. The molecule has 1 aromatic carbocycles. The molecule has 0 N–H and O–H groups in total. The van der Waals surface area contributed by atoms with Crippen LogP contribution < -0.4 is 5.56 Å². The minimum Gasteiger partial charge on any atom is -0.269 e.